The van der Waals surface area contributed by atoms with Gasteiger partial charge >= 0.3 is 0 Å². The van der Waals surface area contributed by atoms with E-state index in [1.807, 2.05) is 13.8 Å². The van der Waals surface area contributed by atoms with Crippen LogP contribution in [0.2, 0.25) is 0 Å². The summed E-state index contributed by atoms with van der Waals surface area (Å²) in [7, 11) is 0. The van der Waals surface area contributed by atoms with E-state index in [1.165, 1.54) is 6.08 Å². The van der Waals surface area contributed by atoms with E-state index >= 15 is 0 Å². The zero-order valence-corrected chi connectivity index (χ0v) is 14.8. The van der Waals surface area contributed by atoms with Crippen LogP contribution >= 0.6 is 0 Å². The second kappa shape index (κ2) is 4.99. The maximum Gasteiger partial charge on any atom is 0.193 e. The molecule has 0 heterocycles. The molecule has 124 valence electrons. The monoisotopic (exact) mass is 314 g/mol. The van der Waals surface area contributed by atoms with Crippen molar-refractivity contribution in [3.8, 4) is 0 Å². The highest BCUT2D eigenvalue weighted by Gasteiger charge is 2.56. The van der Waals surface area contributed by atoms with Crippen molar-refractivity contribution >= 4 is 17.3 Å². The molecule has 1 unspecified atom stereocenters. The molecule has 0 aromatic rings. The molecule has 0 bridgehead atoms. The number of hydrogen-bond donors (Lipinski definition) is 0. The van der Waals surface area contributed by atoms with Gasteiger partial charge in [-0.3, -0.25) is 14.4 Å². The Balaban J connectivity index is 2.19. The van der Waals surface area contributed by atoms with E-state index in [0.717, 1.165) is 19.3 Å². The molecule has 0 aliphatic heterocycles. The average molecular weight is 314 g/mol. The molecule has 3 aliphatic rings. The number of ketones is 3. The lowest BCUT2D eigenvalue weighted by atomic mass is 9.48. The van der Waals surface area contributed by atoms with Crippen molar-refractivity contribution in [2.45, 2.75) is 60.3 Å². The van der Waals surface area contributed by atoms with Crippen LogP contribution in [0.15, 0.2) is 22.8 Å². The van der Waals surface area contributed by atoms with Crippen LogP contribution in [0.3, 0.4) is 0 Å². The number of Topliss-reactive ketones (excluding diaryl/α,β-unsaturated/α-hetero) is 2. The van der Waals surface area contributed by atoms with Crippen LogP contribution in [-0.2, 0) is 14.4 Å². The highest BCUT2D eigenvalue weighted by Crippen LogP contribution is 2.59. The molecule has 1 fully saturated rings. The minimum absolute atomic E-state index is 0.0204. The first kappa shape index (κ1) is 16.4. The largest absolute Gasteiger partial charge is 0.294 e. The Morgan fingerprint density at radius 1 is 1.09 bits per heavy atom. The van der Waals surface area contributed by atoms with E-state index in [2.05, 4.69) is 20.8 Å². The molecule has 0 saturated heterocycles. The molecule has 23 heavy (non-hydrogen) atoms. The summed E-state index contributed by atoms with van der Waals surface area (Å²) in [5.74, 6) is -0.339. The third-order valence-electron chi connectivity index (χ3n) is 6.36. The summed E-state index contributed by atoms with van der Waals surface area (Å²) in [6.45, 7) is 10.3. The van der Waals surface area contributed by atoms with Crippen molar-refractivity contribution in [1.82, 2.24) is 0 Å². The van der Waals surface area contributed by atoms with Crippen molar-refractivity contribution in [2.24, 2.45) is 22.7 Å². The van der Waals surface area contributed by atoms with Gasteiger partial charge in [0.1, 0.15) is 0 Å². The Bertz CT molecular complexity index is 675. The SMILES string of the molecule is CC(C)C1=CC(=O)C2=C(C(=O)CC3C(C)(C)CCC[C@]23C)C1=O. The molecule has 0 aromatic carbocycles. The number of allylic oxidation sites excluding steroid dienone is 4. The molecule has 0 amide bonds. The summed E-state index contributed by atoms with van der Waals surface area (Å²) in [6, 6.07) is 0. The van der Waals surface area contributed by atoms with Crippen molar-refractivity contribution in [2.75, 3.05) is 0 Å². The van der Waals surface area contributed by atoms with E-state index < -0.39 is 0 Å². The van der Waals surface area contributed by atoms with Crippen molar-refractivity contribution in [3.05, 3.63) is 22.8 Å². The van der Waals surface area contributed by atoms with Gasteiger partial charge < -0.3 is 0 Å². The van der Waals surface area contributed by atoms with Crippen molar-refractivity contribution < 1.29 is 14.4 Å². The fourth-order valence-electron chi connectivity index (χ4n) is 5.13. The van der Waals surface area contributed by atoms with Crippen LogP contribution in [0.4, 0.5) is 0 Å². The quantitative estimate of drug-likeness (QED) is 0.546. The Labute approximate surface area is 138 Å². The molecule has 3 nitrogen and oxygen atoms in total. The van der Waals surface area contributed by atoms with Gasteiger partial charge in [-0.05, 0) is 36.2 Å². The van der Waals surface area contributed by atoms with E-state index in [4.69, 9.17) is 0 Å². The van der Waals surface area contributed by atoms with E-state index in [9.17, 15) is 14.4 Å². The molecule has 3 heteroatoms. The van der Waals surface area contributed by atoms with Crippen LogP contribution < -0.4 is 0 Å². The number of hydrogen-bond acceptors (Lipinski definition) is 3. The molecule has 0 radical (unpaired) electrons. The third kappa shape index (κ3) is 2.20. The summed E-state index contributed by atoms with van der Waals surface area (Å²) in [5, 5.41) is 0. The maximum atomic E-state index is 12.9. The van der Waals surface area contributed by atoms with E-state index in [1.54, 1.807) is 0 Å². The lowest BCUT2D eigenvalue weighted by molar-refractivity contribution is -0.129. The molecule has 3 aliphatic carbocycles. The van der Waals surface area contributed by atoms with Gasteiger partial charge in [0.05, 0.1) is 5.57 Å². The van der Waals surface area contributed by atoms with Crippen LogP contribution in [0, 0.1) is 22.7 Å². The molecular formula is C20H26O3. The van der Waals surface area contributed by atoms with Crippen LogP contribution in [0.25, 0.3) is 0 Å². The number of rotatable bonds is 1. The summed E-state index contributed by atoms with van der Waals surface area (Å²) in [6.07, 6.45) is 4.88. The molecule has 3 rings (SSSR count). The fourth-order valence-corrected chi connectivity index (χ4v) is 5.13. The third-order valence-corrected chi connectivity index (χ3v) is 6.36. The number of fused-ring (bicyclic) bond motifs is 2. The fraction of sp³-hybridized carbons (Fsp3) is 0.650. The Morgan fingerprint density at radius 3 is 2.35 bits per heavy atom. The minimum atomic E-state index is -0.350. The van der Waals surface area contributed by atoms with E-state index in [-0.39, 0.29) is 45.6 Å². The normalized spacial score (nSPS) is 33.6. The second-order valence-electron chi connectivity index (χ2n) is 8.64. The topological polar surface area (TPSA) is 51.2 Å². The van der Waals surface area contributed by atoms with E-state index in [0.29, 0.717) is 17.6 Å². The summed E-state index contributed by atoms with van der Waals surface area (Å²) in [4.78, 5) is 38.5. The maximum absolute atomic E-state index is 12.9. The van der Waals surface area contributed by atoms with Gasteiger partial charge in [-0.25, -0.2) is 0 Å². The average Bonchev–Trinajstić information content (AvgIpc) is 2.43. The van der Waals surface area contributed by atoms with Gasteiger partial charge in [-0.2, -0.15) is 0 Å². The van der Waals surface area contributed by atoms with Crippen LogP contribution in [-0.4, -0.2) is 17.3 Å². The van der Waals surface area contributed by atoms with Gasteiger partial charge in [-0.1, -0.05) is 41.0 Å². The highest BCUT2D eigenvalue weighted by atomic mass is 16.2. The first-order valence-corrected chi connectivity index (χ1v) is 8.68. The second-order valence-corrected chi connectivity index (χ2v) is 8.64. The molecule has 0 aromatic heterocycles. The Kier molecular flexibility index (Phi) is 3.55. The Hall–Kier alpha value is -1.51. The molecule has 2 atom stereocenters. The minimum Gasteiger partial charge on any atom is -0.294 e. The first-order chi connectivity index (χ1) is 10.6. The van der Waals surface area contributed by atoms with Gasteiger partial charge in [-0.15, -0.1) is 0 Å². The predicted molar refractivity (Wildman–Crippen MR) is 88.8 cm³/mol. The zero-order valence-electron chi connectivity index (χ0n) is 14.8. The predicted octanol–water partition coefficient (Wildman–Crippen LogP) is 3.82. The molecule has 1 saturated carbocycles. The summed E-state index contributed by atoms with van der Waals surface area (Å²) >= 11 is 0. The van der Waals surface area contributed by atoms with Crippen molar-refractivity contribution in [3.63, 3.8) is 0 Å². The van der Waals surface area contributed by atoms with Gasteiger partial charge in [0.25, 0.3) is 0 Å². The summed E-state index contributed by atoms with van der Waals surface area (Å²) in [5.41, 5.74) is 0.876. The van der Waals surface area contributed by atoms with Gasteiger partial charge in [0.2, 0.25) is 0 Å². The van der Waals surface area contributed by atoms with Gasteiger partial charge in [0, 0.05) is 23.0 Å². The van der Waals surface area contributed by atoms with Crippen molar-refractivity contribution in [1.29, 1.82) is 0 Å². The standard InChI is InChI=1S/C20H26O3/c1-11(2)12-9-14(22)17-16(18(12)23)13(21)10-15-19(3,4)7-6-8-20(15,17)5/h9,11,15H,6-8,10H2,1-5H3/t15?,20-/m0/s1. The summed E-state index contributed by atoms with van der Waals surface area (Å²) < 4.78 is 0. The number of carbonyl (C=O) groups excluding carboxylic acids is 3. The molecular weight excluding hydrogens is 288 g/mol. The highest BCUT2D eigenvalue weighted by molar-refractivity contribution is 6.35. The van der Waals surface area contributed by atoms with Crippen LogP contribution in [0.1, 0.15) is 60.3 Å². The first-order valence-electron chi connectivity index (χ1n) is 8.68. The lowest BCUT2D eigenvalue weighted by Crippen LogP contribution is -2.51. The molecule has 0 spiro atoms. The molecule has 0 N–H and O–H groups in total. The Morgan fingerprint density at radius 2 is 1.74 bits per heavy atom. The number of carbonyl (C=O) groups is 3. The van der Waals surface area contributed by atoms with Crippen LogP contribution in [0.5, 0.6) is 0 Å². The lowest BCUT2D eigenvalue weighted by Gasteiger charge is -2.54. The van der Waals surface area contributed by atoms with Gasteiger partial charge in [0.15, 0.2) is 17.3 Å². The zero-order chi connectivity index (χ0) is 17.2. The smallest absolute Gasteiger partial charge is 0.193 e.